The Kier molecular flexibility index (Phi) is 6.93. The van der Waals surface area contributed by atoms with Crippen molar-refractivity contribution in [3.8, 4) is 5.75 Å². The van der Waals surface area contributed by atoms with Gasteiger partial charge in [0.15, 0.2) is 6.10 Å². The van der Waals surface area contributed by atoms with Crippen molar-refractivity contribution in [1.82, 2.24) is 0 Å². The Labute approximate surface area is 159 Å². The zero-order chi connectivity index (χ0) is 20.0. The molecule has 1 N–H and O–H groups in total. The molecule has 0 aromatic heterocycles. The zero-order valence-electron chi connectivity index (χ0n) is 16.2. The monoisotopic (exact) mass is 370 g/mol. The van der Waals surface area contributed by atoms with Crippen LogP contribution in [0, 0.1) is 17.0 Å². The highest BCUT2D eigenvalue weighted by molar-refractivity contribution is 5.96. The third kappa shape index (κ3) is 5.06. The van der Waals surface area contributed by atoms with Gasteiger partial charge in [-0.3, -0.25) is 14.9 Å². The van der Waals surface area contributed by atoms with E-state index in [1.165, 1.54) is 6.07 Å². The number of anilines is 1. The summed E-state index contributed by atoms with van der Waals surface area (Å²) in [5.41, 5.74) is 1.85. The van der Waals surface area contributed by atoms with Crippen molar-refractivity contribution in [2.75, 3.05) is 5.32 Å². The molecule has 0 radical (unpaired) electrons. The van der Waals surface area contributed by atoms with Gasteiger partial charge in [-0.15, -0.1) is 0 Å². The van der Waals surface area contributed by atoms with Crippen molar-refractivity contribution in [1.29, 1.82) is 0 Å². The molecule has 2 atom stereocenters. The van der Waals surface area contributed by atoms with Gasteiger partial charge in [0, 0.05) is 6.07 Å². The lowest BCUT2D eigenvalue weighted by molar-refractivity contribution is -0.384. The molecule has 0 saturated carbocycles. The van der Waals surface area contributed by atoms with E-state index in [2.05, 4.69) is 19.2 Å². The molecule has 2 aromatic carbocycles. The van der Waals surface area contributed by atoms with Crippen LogP contribution in [-0.2, 0) is 4.79 Å². The van der Waals surface area contributed by atoms with Crippen LogP contribution in [0.4, 0.5) is 11.4 Å². The topological polar surface area (TPSA) is 81.5 Å². The molecule has 0 heterocycles. The number of nitro groups is 1. The molecule has 0 aliphatic heterocycles. The lowest BCUT2D eigenvalue weighted by Crippen LogP contribution is -2.33. The van der Waals surface area contributed by atoms with Crippen LogP contribution in [0.15, 0.2) is 42.5 Å². The zero-order valence-corrected chi connectivity index (χ0v) is 16.2. The van der Waals surface area contributed by atoms with Crippen molar-refractivity contribution in [3.63, 3.8) is 0 Å². The third-order valence-electron chi connectivity index (χ3n) is 4.60. The number of rotatable bonds is 8. The molecule has 0 aliphatic carbocycles. The fourth-order valence-corrected chi connectivity index (χ4v) is 2.80. The van der Waals surface area contributed by atoms with E-state index in [1.54, 1.807) is 19.1 Å². The van der Waals surface area contributed by atoms with Crippen molar-refractivity contribution in [2.45, 2.75) is 52.6 Å². The van der Waals surface area contributed by atoms with E-state index in [-0.39, 0.29) is 11.4 Å². The summed E-state index contributed by atoms with van der Waals surface area (Å²) in [5.74, 6) is 0.579. The summed E-state index contributed by atoms with van der Waals surface area (Å²) < 4.78 is 5.99. The first-order chi connectivity index (χ1) is 12.9. The Balaban J connectivity index is 2.22. The molecule has 2 aromatic rings. The first kappa shape index (κ1) is 20.4. The molecule has 0 fully saturated rings. The molecular formula is C21H26N2O4. The van der Waals surface area contributed by atoms with Gasteiger partial charge in [-0.2, -0.15) is 0 Å². The predicted octanol–water partition coefficient (Wildman–Crippen LogP) is 5.21. The first-order valence-corrected chi connectivity index (χ1v) is 9.18. The summed E-state index contributed by atoms with van der Waals surface area (Å²) in [6, 6.07) is 12.4. The summed E-state index contributed by atoms with van der Waals surface area (Å²) in [6.45, 7) is 7.82. The van der Waals surface area contributed by atoms with Crippen LogP contribution in [0.5, 0.6) is 5.75 Å². The van der Waals surface area contributed by atoms with Crippen LogP contribution >= 0.6 is 0 Å². The van der Waals surface area contributed by atoms with Gasteiger partial charge in [-0.05, 0) is 48.9 Å². The minimum absolute atomic E-state index is 0.127. The average Bonchev–Trinajstić information content (AvgIpc) is 2.66. The number of para-hydroxylation sites is 1. The summed E-state index contributed by atoms with van der Waals surface area (Å²) >= 11 is 0. The van der Waals surface area contributed by atoms with E-state index in [9.17, 15) is 14.9 Å². The molecular weight excluding hydrogens is 344 g/mol. The highest BCUT2D eigenvalue weighted by atomic mass is 16.6. The van der Waals surface area contributed by atoms with Crippen molar-refractivity contribution >= 4 is 17.3 Å². The minimum atomic E-state index is -0.740. The van der Waals surface area contributed by atoms with Crippen LogP contribution in [0.25, 0.3) is 0 Å². The number of amides is 1. The number of benzene rings is 2. The maximum atomic E-state index is 12.7. The maximum absolute atomic E-state index is 12.7. The Morgan fingerprint density at radius 3 is 2.52 bits per heavy atom. The fraction of sp³-hybridized carbons (Fsp3) is 0.381. The Morgan fingerprint density at radius 2 is 1.89 bits per heavy atom. The molecule has 6 heteroatoms. The number of carbonyl (C=O) groups is 1. The number of aryl methyl sites for hydroxylation is 1. The van der Waals surface area contributed by atoms with Gasteiger partial charge in [-0.25, -0.2) is 0 Å². The van der Waals surface area contributed by atoms with Crippen molar-refractivity contribution < 1.29 is 14.5 Å². The van der Waals surface area contributed by atoms with Crippen LogP contribution in [0.3, 0.4) is 0 Å². The second-order valence-electron chi connectivity index (χ2n) is 6.63. The number of nitrogens with one attached hydrogen (secondary N) is 1. The van der Waals surface area contributed by atoms with Crippen molar-refractivity contribution in [3.05, 3.63) is 63.7 Å². The lowest BCUT2D eigenvalue weighted by atomic mass is 9.98. The molecule has 0 aliphatic rings. The average molecular weight is 370 g/mol. The number of ether oxygens (including phenoxy) is 1. The molecule has 0 spiro atoms. The van der Waals surface area contributed by atoms with Gasteiger partial charge in [0.1, 0.15) is 11.4 Å². The van der Waals surface area contributed by atoms with Gasteiger partial charge < -0.3 is 10.1 Å². The lowest BCUT2D eigenvalue weighted by Gasteiger charge is -2.21. The molecule has 27 heavy (non-hydrogen) atoms. The molecule has 1 amide bonds. The van der Waals surface area contributed by atoms with Gasteiger partial charge in [-0.1, -0.05) is 45.0 Å². The molecule has 144 valence electrons. The molecule has 6 nitrogen and oxygen atoms in total. The summed E-state index contributed by atoms with van der Waals surface area (Å²) in [4.78, 5) is 23.5. The molecule has 2 rings (SSSR count). The Morgan fingerprint density at radius 1 is 1.19 bits per heavy atom. The van der Waals surface area contributed by atoms with E-state index in [0.717, 1.165) is 17.5 Å². The fourth-order valence-electron chi connectivity index (χ4n) is 2.80. The summed E-state index contributed by atoms with van der Waals surface area (Å²) in [6.07, 6.45) is 0.662. The highest BCUT2D eigenvalue weighted by Gasteiger charge is 2.24. The SMILES string of the molecule is CCC(Oc1ccccc1C(C)CC)C(=O)Nc1ccc(C)cc1[N+](=O)[O-]. The smallest absolute Gasteiger partial charge is 0.293 e. The second-order valence-corrected chi connectivity index (χ2v) is 6.63. The number of nitro benzene ring substituents is 1. The van der Waals surface area contributed by atoms with Gasteiger partial charge in [0.2, 0.25) is 0 Å². The van der Waals surface area contributed by atoms with Gasteiger partial charge in [0.05, 0.1) is 4.92 Å². The quantitative estimate of drug-likeness (QED) is 0.511. The van der Waals surface area contributed by atoms with E-state index in [1.807, 2.05) is 31.2 Å². The number of hydrogen-bond acceptors (Lipinski definition) is 4. The number of carbonyl (C=O) groups excluding carboxylic acids is 1. The molecule has 2 unspecified atom stereocenters. The Hall–Kier alpha value is -2.89. The van der Waals surface area contributed by atoms with E-state index < -0.39 is 16.9 Å². The Bertz CT molecular complexity index is 820. The van der Waals surface area contributed by atoms with Crippen molar-refractivity contribution in [2.24, 2.45) is 0 Å². The summed E-state index contributed by atoms with van der Waals surface area (Å²) in [5, 5.41) is 13.9. The first-order valence-electron chi connectivity index (χ1n) is 9.18. The third-order valence-corrected chi connectivity index (χ3v) is 4.60. The van der Waals surface area contributed by atoms with Gasteiger partial charge in [0.25, 0.3) is 11.6 Å². The minimum Gasteiger partial charge on any atom is -0.480 e. The maximum Gasteiger partial charge on any atom is 0.293 e. The molecule has 0 saturated heterocycles. The van der Waals surface area contributed by atoms with Crippen LogP contribution in [-0.4, -0.2) is 16.9 Å². The van der Waals surface area contributed by atoms with E-state index in [4.69, 9.17) is 4.74 Å². The van der Waals surface area contributed by atoms with Crippen LogP contribution < -0.4 is 10.1 Å². The van der Waals surface area contributed by atoms with E-state index in [0.29, 0.717) is 18.1 Å². The standard InChI is InChI=1S/C21H26N2O4/c1-5-15(4)16-9-7-8-10-20(16)27-19(6-2)21(24)22-17-12-11-14(3)13-18(17)23(25)26/h7-13,15,19H,5-6H2,1-4H3,(H,22,24). The van der Waals surface area contributed by atoms with Gasteiger partial charge >= 0.3 is 0 Å². The van der Waals surface area contributed by atoms with Crippen LogP contribution in [0.1, 0.15) is 50.7 Å². The van der Waals surface area contributed by atoms with E-state index >= 15 is 0 Å². The predicted molar refractivity (Wildman–Crippen MR) is 106 cm³/mol. The van der Waals surface area contributed by atoms with Crippen LogP contribution in [0.2, 0.25) is 0 Å². The largest absolute Gasteiger partial charge is 0.480 e. The summed E-state index contributed by atoms with van der Waals surface area (Å²) in [7, 11) is 0. The number of nitrogens with zero attached hydrogens (tertiary/aromatic N) is 1. The second kappa shape index (κ2) is 9.16. The number of hydrogen-bond donors (Lipinski definition) is 1. The normalized spacial score (nSPS) is 12.9. The molecule has 0 bridgehead atoms. The highest BCUT2D eigenvalue weighted by Crippen LogP contribution is 2.30.